The van der Waals surface area contributed by atoms with Crippen LogP contribution in [-0.4, -0.2) is 31.6 Å². The van der Waals surface area contributed by atoms with E-state index in [2.05, 4.69) is 15.4 Å². The first-order valence-electron chi connectivity index (χ1n) is 6.51. The Bertz CT molecular complexity index is 515. The molecule has 108 valence electrons. The van der Waals surface area contributed by atoms with Gasteiger partial charge < -0.3 is 15.4 Å². The number of hydrogen-bond donors (Lipinski definition) is 2. The van der Waals surface area contributed by atoms with Gasteiger partial charge in [-0.2, -0.15) is 0 Å². The molecule has 1 aromatic rings. The van der Waals surface area contributed by atoms with Gasteiger partial charge in [-0.3, -0.25) is 4.79 Å². The summed E-state index contributed by atoms with van der Waals surface area (Å²) in [7, 11) is 1.23. The highest BCUT2D eigenvalue weighted by Crippen LogP contribution is 2.19. The molecule has 0 radical (unpaired) electrons. The van der Waals surface area contributed by atoms with Crippen LogP contribution < -0.4 is 10.6 Å². The van der Waals surface area contributed by atoms with E-state index >= 15 is 0 Å². The number of anilines is 1. The van der Waals surface area contributed by atoms with Crippen molar-refractivity contribution in [1.82, 2.24) is 5.32 Å². The van der Waals surface area contributed by atoms with Crippen LogP contribution in [0.25, 0.3) is 0 Å². The summed E-state index contributed by atoms with van der Waals surface area (Å²) in [5.74, 6) is -1.41. The molecule has 0 aliphatic heterocycles. The van der Waals surface area contributed by atoms with Gasteiger partial charge in [-0.15, -0.1) is 0 Å². The van der Waals surface area contributed by atoms with Crippen molar-refractivity contribution in [3.8, 4) is 0 Å². The van der Waals surface area contributed by atoms with Gasteiger partial charge in [0, 0.05) is 19.0 Å². The van der Waals surface area contributed by atoms with Crippen molar-refractivity contribution in [1.29, 1.82) is 0 Å². The largest absolute Gasteiger partial charge is 0.465 e. The number of rotatable bonds is 6. The summed E-state index contributed by atoms with van der Waals surface area (Å²) >= 11 is 0. The molecule has 1 amide bonds. The second-order valence-electron chi connectivity index (χ2n) is 4.71. The molecule has 0 unspecified atom stereocenters. The molecule has 0 aromatic heterocycles. The molecule has 1 aliphatic rings. The number of nitrogens with one attached hydrogen (secondary N) is 2. The fraction of sp³-hybridized carbons (Fsp3) is 0.429. The Morgan fingerprint density at radius 2 is 2.15 bits per heavy atom. The average molecular weight is 280 g/mol. The van der Waals surface area contributed by atoms with Crippen LogP contribution in [0.2, 0.25) is 0 Å². The lowest BCUT2D eigenvalue weighted by Gasteiger charge is -2.10. The van der Waals surface area contributed by atoms with E-state index in [-0.39, 0.29) is 23.6 Å². The molecule has 20 heavy (non-hydrogen) atoms. The zero-order valence-corrected chi connectivity index (χ0v) is 11.2. The van der Waals surface area contributed by atoms with Crippen molar-refractivity contribution < 1.29 is 18.7 Å². The van der Waals surface area contributed by atoms with Gasteiger partial charge in [0.25, 0.3) is 0 Å². The molecule has 2 rings (SSSR count). The number of amides is 1. The maximum absolute atomic E-state index is 13.2. The maximum Gasteiger partial charge on any atom is 0.339 e. The van der Waals surface area contributed by atoms with E-state index in [0.29, 0.717) is 12.6 Å². The van der Waals surface area contributed by atoms with Crippen molar-refractivity contribution in [3.05, 3.63) is 29.6 Å². The summed E-state index contributed by atoms with van der Waals surface area (Å²) in [6.45, 7) is 0.569. The van der Waals surface area contributed by atoms with E-state index in [4.69, 9.17) is 0 Å². The minimum Gasteiger partial charge on any atom is -0.465 e. The van der Waals surface area contributed by atoms with Crippen LogP contribution in [-0.2, 0) is 9.53 Å². The SMILES string of the molecule is COC(=O)c1ccc(F)cc1NC(=O)CCNC1CC1. The predicted octanol–water partition coefficient (Wildman–Crippen LogP) is 1.69. The van der Waals surface area contributed by atoms with Gasteiger partial charge in [0.15, 0.2) is 0 Å². The van der Waals surface area contributed by atoms with E-state index in [1.54, 1.807) is 0 Å². The summed E-state index contributed by atoms with van der Waals surface area (Å²) < 4.78 is 17.8. The van der Waals surface area contributed by atoms with Crippen LogP contribution in [0.5, 0.6) is 0 Å². The van der Waals surface area contributed by atoms with Gasteiger partial charge >= 0.3 is 5.97 Å². The summed E-state index contributed by atoms with van der Waals surface area (Å²) in [4.78, 5) is 23.3. The van der Waals surface area contributed by atoms with Gasteiger partial charge in [0.2, 0.25) is 5.91 Å². The smallest absolute Gasteiger partial charge is 0.339 e. The first-order chi connectivity index (χ1) is 9.60. The van der Waals surface area contributed by atoms with Crippen molar-refractivity contribution in [2.75, 3.05) is 19.0 Å². The molecular weight excluding hydrogens is 263 g/mol. The van der Waals surface area contributed by atoms with E-state index in [0.717, 1.165) is 25.0 Å². The fourth-order valence-electron chi connectivity index (χ4n) is 1.80. The number of carbonyl (C=O) groups is 2. The van der Waals surface area contributed by atoms with Crippen LogP contribution in [0, 0.1) is 5.82 Å². The molecule has 2 N–H and O–H groups in total. The van der Waals surface area contributed by atoms with Gasteiger partial charge in [-0.05, 0) is 31.0 Å². The second-order valence-corrected chi connectivity index (χ2v) is 4.71. The third-order valence-electron chi connectivity index (χ3n) is 3.02. The minimum absolute atomic E-state index is 0.133. The molecular formula is C14H17FN2O3. The van der Waals surface area contributed by atoms with Crippen molar-refractivity contribution in [3.63, 3.8) is 0 Å². The molecule has 1 aromatic carbocycles. The lowest BCUT2D eigenvalue weighted by Crippen LogP contribution is -2.24. The second kappa shape index (κ2) is 6.47. The zero-order chi connectivity index (χ0) is 14.5. The number of esters is 1. The summed E-state index contributed by atoms with van der Waals surface area (Å²) in [5, 5.41) is 5.75. The monoisotopic (exact) mass is 280 g/mol. The van der Waals surface area contributed by atoms with Crippen molar-refractivity contribution >= 4 is 17.6 Å². The number of benzene rings is 1. The number of methoxy groups -OCH3 is 1. The molecule has 5 nitrogen and oxygen atoms in total. The maximum atomic E-state index is 13.2. The zero-order valence-electron chi connectivity index (χ0n) is 11.2. The van der Waals surface area contributed by atoms with Gasteiger partial charge in [0.05, 0.1) is 18.4 Å². The molecule has 0 bridgehead atoms. The average Bonchev–Trinajstić information content (AvgIpc) is 3.22. The highest BCUT2D eigenvalue weighted by Gasteiger charge is 2.20. The van der Waals surface area contributed by atoms with Gasteiger partial charge in [-0.25, -0.2) is 9.18 Å². The highest BCUT2D eigenvalue weighted by molar-refractivity contribution is 6.01. The Hall–Kier alpha value is -1.95. The third-order valence-corrected chi connectivity index (χ3v) is 3.02. The van der Waals surface area contributed by atoms with E-state index in [9.17, 15) is 14.0 Å². The minimum atomic E-state index is -0.614. The van der Waals surface area contributed by atoms with E-state index in [1.807, 2.05) is 0 Å². The molecule has 0 saturated heterocycles. The number of hydrogen-bond acceptors (Lipinski definition) is 4. The molecule has 1 fully saturated rings. The quantitative estimate of drug-likeness (QED) is 0.778. The number of carbonyl (C=O) groups excluding carboxylic acids is 2. The molecule has 6 heteroatoms. The highest BCUT2D eigenvalue weighted by atomic mass is 19.1. The third kappa shape index (κ3) is 4.03. The first kappa shape index (κ1) is 14.5. The van der Waals surface area contributed by atoms with Crippen LogP contribution in [0.3, 0.4) is 0 Å². The van der Waals surface area contributed by atoms with E-state index in [1.165, 1.54) is 13.2 Å². The normalized spacial score (nSPS) is 13.9. The summed E-state index contributed by atoms with van der Waals surface area (Å²) in [6.07, 6.45) is 2.57. The molecule has 1 aliphatic carbocycles. The Morgan fingerprint density at radius 1 is 1.40 bits per heavy atom. The lowest BCUT2D eigenvalue weighted by atomic mass is 10.1. The Kier molecular flexibility index (Phi) is 4.68. The number of halogens is 1. The van der Waals surface area contributed by atoms with Crippen molar-refractivity contribution in [2.45, 2.75) is 25.3 Å². The standard InChI is InChI=1S/C14H17FN2O3/c1-20-14(19)11-5-2-9(15)8-12(11)17-13(18)6-7-16-10-3-4-10/h2,5,8,10,16H,3-4,6-7H2,1H3,(H,17,18). The Morgan fingerprint density at radius 3 is 2.80 bits per heavy atom. The van der Waals surface area contributed by atoms with Crippen molar-refractivity contribution in [2.24, 2.45) is 0 Å². The molecule has 0 heterocycles. The summed E-state index contributed by atoms with van der Waals surface area (Å²) in [5.41, 5.74) is 0.269. The van der Waals surface area contributed by atoms with Gasteiger partial charge in [0.1, 0.15) is 5.82 Å². The topological polar surface area (TPSA) is 67.4 Å². The molecule has 1 saturated carbocycles. The van der Waals surface area contributed by atoms with Crippen LogP contribution in [0.4, 0.5) is 10.1 Å². The lowest BCUT2D eigenvalue weighted by molar-refractivity contribution is -0.116. The predicted molar refractivity (Wildman–Crippen MR) is 72.0 cm³/mol. The molecule has 0 spiro atoms. The Balaban J connectivity index is 1.96. The fourth-order valence-corrected chi connectivity index (χ4v) is 1.80. The summed E-state index contributed by atoms with van der Waals surface area (Å²) in [6, 6.07) is 4.08. The number of ether oxygens (including phenoxy) is 1. The molecule has 0 atom stereocenters. The first-order valence-corrected chi connectivity index (χ1v) is 6.51. The van der Waals surface area contributed by atoms with Crippen LogP contribution >= 0.6 is 0 Å². The van der Waals surface area contributed by atoms with E-state index < -0.39 is 11.8 Å². The van der Waals surface area contributed by atoms with Gasteiger partial charge in [-0.1, -0.05) is 0 Å². The Labute approximate surface area is 116 Å². The van der Waals surface area contributed by atoms with Crippen LogP contribution in [0.1, 0.15) is 29.6 Å². The van der Waals surface area contributed by atoms with Crippen LogP contribution in [0.15, 0.2) is 18.2 Å².